The van der Waals surface area contributed by atoms with Crippen LogP contribution in [0.15, 0.2) is 0 Å². The fourth-order valence-corrected chi connectivity index (χ4v) is 0. The lowest BCUT2D eigenvalue weighted by Crippen LogP contribution is -1.20. The maximum Gasteiger partial charge on any atom is 0.0701 e. The van der Waals surface area contributed by atoms with E-state index in [1.165, 1.54) is 0 Å². The number of epoxide rings is 1. The van der Waals surface area contributed by atoms with Crippen LogP contribution in [0, 0.1) is 12.8 Å². The van der Waals surface area contributed by atoms with Crippen LogP contribution in [0.1, 0.15) is 0 Å². The molecule has 1 aliphatic heterocycles. The summed E-state index contributed by atoms with van der Waals surface area (Å²) in [5.41, 5.74) is 0. The maximum atomic E-state index is 4.50. The molecule has 0 spiro atoms. The molecule has 1 saturated heterocycles. The average Bonchev–Trinajstić information content (AvgIpc) is 2.19. The van der Waals surface area contributed by atoms with Crippen molar-refractivity contribution in [1.82, 2.24) is 0 Å². The molecule has 0 amide bonds. The molecular formula is C4H6O. The molecule has 0 aromatic heterocycles. The third kappa shape index (κ3) is 30.1. The number of hydrogen-bond acceptors (Lipinski definition) is 1. The van der Waals surface area contributed by atoms with E-state index < -0.39 is 0 Å². The van der Waals surface area contributed by atoms with Crippen LogP contribution in [0.25, 0.3) is 0 Å². The van der Waals surface area contributed by atoms with Gasteiger partial charge in [-0.25, -0.2) is 0 Å². The highest BCUT2D eigenvalue weighted by Crippen LogP contribution is 1.84. The van der Waals surface area contributed by atoms with Gasteiger partial charge in [0.25, 0.3) is 0 Å². The standard InChI is InChI=1S/C2H4O.C2H2/c1-2-3-1;1-2/h1-2H2;1-2H. The molecule has 1 rings (SSSR count). The Hall–Kier alpha value is -0.480. The van der Waals surface area contributed by atoms with E-state index in [0.29, 0.717) is 0 Å². The van der Waals surface area contributed by atoms with Gasteiger partial charge in [-0.15, -0.1) is 12.8 Å². The maximum absolute atomic E-state index is 4.50. The van der Waals surface area contributed by atoms with Gasteiger partial charge in [0.15, 0.2) is 0 Å². The first-order valence-corrected chi connectivity index (χ1v) is 1.41. The van der Waals surface area contributed by atoms with E-state index in [-0.39, 0.29) is 0 Å². The van der Waals surface area contributed by atoms with E-state index in [1.54, 1.807) is 0 Å². The third-order valence-electron chi connectivity index (χ3n) is 0.204. The van der Waals surface area contributed by atoms with Crippen LogP contribution in [0.2, 0.25) is 0 Å². The molecule has 0 bridgehead atoms. The molecule has 0 unspecified atom stereocenters. The summed E-state index contributed by atoms with van der Waals surface area (Å²) in [7, 11) is 0. The second-order valence-corrected chi connectivity index (χ2v) is 0.612. The van der Waals surface area contributed by atoms with Gasteiger partial charge in [-0.1, -0.05) is 0 Å². The van der Waals surface area contributed by atoms with Crippen LogP contribution >= 0.6 is 0 Å². The van der Waals surface area contributed by atoms with Crippen LogP contribution in [-0.2, 0) is 4.74 Å². The van der Waals surface area contributed by atoms with Gasteiger partial charge in [0.1, 0.15) is 0 Å². The predicted molar refractivity (Wildman–Crippen MR) is 20.7 cm³/mol. The van der Waals surface area contributed by atoms with Crippen molar-refractivity contribution in [3.05, 3.63) is 0 Å². The van der Waals surface area contributed by atoms with E-state index >= 15 is 0 Å². The molecule has 1 fully saturated rings. The minimum Gasteiger partial charge on any atom is -0.377 e. The number of terminal acetylenes is 1. The van der Waals surface area contributed by atoms with Gasteiger partial charge in [-0.3, -0.25) is 0 Å². The van der Waals surface area contributed by atoms with Crippen LogP contribution in [0.5, 0.6) is 0 Å². The summed E-state index contributed by atoms with van der Waals surface area (Å²) in [5, 5.41) is 0. The molecule has 1 heteroatoms. The Morgan fingerprint density at radius 1 is 1.20 bits per heavy atom. The van der Waals surface area contributed by atoms with Crippen molar-refractivity contribution in [2.45, 2.75) is 0 Å². The second kappa shape index (κ2) is 3.52. The van der Waals surface area contributed by atoms with Gasteiger partial charge < -0.3 is 4.74 Å². The monoisotopic (exact) mass is 70.0 g/mol. The van der Waals surface area contributed by atoms with E-state index in [4.69, 9.17) is 0 Å². The van der Waals surface area contributed by atoms with Gasteiger partial charge in [0, 0.05) is 0 Å². The van der Waals surface area contributed by atoms with E-state index in [2.05, 4.69) is 17.6 Å². The minimum absolute atomic E-state index is 1.00. The van der Waals surface area contributed by atoms with Crippen molar-refractivity contribution >= 4 is 0 Å². The third-order valence-corrected chi connectivity index (χ3v) is 0.204. The Labute approximate surface area is 31.9 Å². The summed E-state index contributed by atoms with van der Waals surface area (Å²) in [6, 6.07) is 0. The molecule has 0 saturated carbocycles. The van der Waals surface area contributed by atoms with Crippen molar-refractivity contribution < 1.29 is 4.74 Å². The summed E-state index contributed by atoms with van der Waals surface area (Å²) in [4.78, 5) is 0. The van der Waals surface area contributed by atoms with Crippen molar-refractivity contribution in [3.8, 4) is 12.8 Å². The Bertz CT molecular complexity index is 25.1. The second-order valence-electron chi connectivity index (χ2n) is 0.612. The van der Waals surface area contributed by atoms with Crippen LogP contribution in [0.4, 0.5) is 0 Å². The minimum atomic E-state index is 1.00. The van der Waals surface area contributed by atoms with Crippen molar-refractivity contribution in [2.24, 2.45) is 0 Å². The topological polar surface area (TPSA) is 12.5 Å². The van der Waals surface area contributed by atoms with Crippen molar-refractivity contribution in [3.63, 3.8) is 0 Å². The normalized spacial score (nSPS) is 14.8. The highest BCUT2D eigenvalue weighted by Gasteiger charge is 1.94. The lowest BCUT2D eigenvalue weighted by atomic mass is 11.0. The molecule has 0 atom stereocenters. The highest BCUT2D eigenvalue weighted by molar-refractivity contribution is 4.47. The molecule has 1 nitrogen and oxygen atoms in total. The average molecular weight is 70.1 g/mol. The molecule has 0 aromatic rings. The first kappa shape index (κ1) is 4.52. The van der Waals surface area contributed by atoms with E-state index in [9.17, 15) is 0 Å². The first-order chi connectivity index (χ1) is 2.50. The zero-order valence-electron chi connectivity index (χ0n) is 2.98. The van der Waals surface area contributed by atoms with Gasteiger partial charge in [0.05, 0.1) is 13.2 Å². The number of ether oxygens (including phenoxy) is 1. The SMILES string of the molecule is C#C.C1CO1. The van der Waals surface area contributed by atoms with Crippen LogP contribution in [-0.4, -0.2) is 13.2 Å². The fraction of sp³-hybridized carbons (Fsp3) is 0.500. The summed E-state index contributed by atoms with van der Waals surface area (Å²) >= 11 is 0. The summed E-state index contributed by atoms with van der Waals surface area (Å²) in [6.45, 7) is 2.00. The molecular weight excluding hydrogens is 64.0 g/mol. The molecule has 1 aliphatic rings. The Morgan fingerprint density at radius 3 is 1.40 bits per heavy atom. The van der Waals surface area contributed by atoms with Crippen molar-refractivity contribution in [2.75, 3.05) is 13.2 Å². The van der Waals surface area contributed by atoms with Crippen LogP contribution in [0.3, 0.4) is 0 Å². The van der Waals surface area contributed by atoms with Gasteiger partial charge in [-0.2, -0.15) is 0 Å². The zero-order chi connectivity index (χ0) is 4.12. The molecule has 0 radical (unpaired) electrons. The van der Waals surface area contributed by atoms with Crippen LogP contribution < -0.4 is 0 Å². The van der Waals surface area contributed by atoms with E-state index in [0.717, 1.165) is 13.2 Å². The zero-order valence-corrected chi connectivity index (χ0v) is 2.98. The smallest absolute Gasteiger partial charge is 0.0701 e. The Morgan fingerprint density at radius 2 is 1.40 bits per heavy atom. The Balaban J connectivity index is 0.0000000733. The largest absolute Gasteiger partial charge is 0.377 e. The van der Waals surface area contributed by atoms with Crippen molar-refractivity contribution in [1.29, 1.82) is 0 Å². The summed E-state index contributed by atoms with van der Waals surface area (Å²) < 4.78 is 4.50. The highest BCUT2D eigenvalue weighted by atomic mass is 16.6. The summed E-state index contributed by atoms with van der Waals surface area (Å²) in [5.74, 6) is 0. The van der Waals surface area contributed by atoms with Gasteiger partial charge >= 0.3 is 0 Å². The molecule has 1 heterocycles. The quantitative estimate of drug-likeness (QED) is 0.294. The predicted octanol–water partition coefficient (Wildman–Crippen LogP) is 0.266. The van der Waals surface area contributed by atoms with Gasteiger partial charge in [-0.05, 0) is 0 Å². The van der Waals surface area contributed by atoms with Gasteiger partial charge in [0.2, 0.25) is 0 Å². The lowest BCUT2D eigenvalue weighted by Gasteiger charge is -1.24. The summed E-state index contributed by atoms with van der Waals surface area (Å²) in [6.07, 6.45) is 8.00. The Kier molecular flexibility index (Phi) is 3.18. The number of hydrogen-bond donors (Lipinski definition) is 0. The lowest BCUT2D eigenvalue weighted by molar-refractivity contribution is 0.475. The molecule has 28 valence electrons. The molecule has 0 aliphatic carbocycles. The number of rotatable bonds is 0. The molecule has 0 aromatic carbocycles. The molecule has 0 N–H and O–H groups in total. The molecule has 5 heavy (non-hydrogen) atoms. The first-order valence-electron chi connectivity index (χ1n) is 1.41. The van der Waals surface area contributed by atoms with E-state index in [1.807, 2.05) is 0 Å². The fourth-order valence-electron chi connectivity index (χ4n) is 0.